The van der Waals surface area contributed by atoms with Crippen molar-refractivity contribution in [3.8, 4) is 0 Å². The van der Waals surface area contributed by atoms with Crippen LogP contribution in [0, 0.1) is 0 Å². The van der Waals surface area contributed by atoms with Crippen molar-refractivity contribution in [3.63, 3.8) is 0 Å². The van der Waals surface area contributed by atoms with Crippen molar-refractivity contribution in [2.75, 3.05) is 32.9 Å². The summed E-state index contributed by atoms with van der Waals surface area (Å²) in [5.74, 6) is 0. The van der Waals surface area contributed by atoms with E-state index < -0.39 is 0 Å². The maximum absolute atomic E-state index is 8.75. The monoisotopic (exact) mass is 181 g/mol. The van der Waals surface area contributed by atoms with Gasteiger partial charge in [-0.1, -0.05) is 0 Å². The van der Waals surface area contributed by atoms with Crippen molar-refractivity contribution >= 4 is 0 Å². The number of nitrogens with zero attached hydrogens (tertiary/aromatic N) is 1. The van der Waals surface area contributed by atoms with Crippen LogP contribution in [0.2, 0.25) is 0 Å². The highest BCUT2D eigenvalue weighted by Crippen LogP contribution is 1.95. The third kappa shape index (κ3) is 5.45. The first kappa shape index (κ1) is 14.3. The molecule has 0 spiro atoms. The van der Waals surface area contributed by atoms with Gasteiger partial charge in [0.05, 0.1) is 19.8 Å². The van der Waals surface area contributed by atoms with Crippen LogP contribution in [0.4, 0.5) is 0 Å². The van der Waals surface area contributed by atoms with E-state index in [2.05, 4.69) is 0 Å². The van der Waals surface area contributed by atoms with Crippen LogP contribution in [0.1, 0.15) is 6.92 Å². The first-order valence-electron chi connectivity index (χ1n) is 3.82. The van der Waals surface area contributed by atoms with Crippen LogP contribution in [0.25, 0.3) is 0 Å². The number of hydrogen-bond donors (Lipinski definition) is 3. The van der Waals surface area contributed by atoms with E-state index in [9.17, 15) is 0 Å². The molecule has 0 fully saturated rings. The summed E-state index contributed by atoms with van der Waals surface area (Å²) in [7, 11) is 0. The molecule has 0 bridgehead atoms. The molecule has 5 heteroatoms. The summed E-state index contributed by atoms with van der Waals surface area (Å²) in [5.41, 5.74) is 0. The molecule has 12 heavy (non-hydrogen) atoms. The highest BCUT2D eigenvalue weighted by molar-refractivity contribution is 4.64. The Morgan fingerprint density at radius 2 is 1.50 bits per heavy atom. The fourth-order valence-electron chi connectivity index (χ4n) is 0.925. The Morgan fingerprint density at radius 1 is 1.08 bits per heavy atom. The Hall–Kier alpha value is -0.200. The Kier molecular flexibility index (Phi) is 10.6. The van der Waals surface area contributed by atoms with Gasteiger partial charge in [0.2, 0.25) is 0 Å². The molecule has 5 nitrogen and oxygen atoms in total. The zero-order chi connectivity index (χ0) is 8.69. The van der Waals surface area contributed by atoms with Crippen molar-refractivity contribution in [2.24, 2.45) is 0 Å². The van der Waals surface area contributed by atoms with E-state index in [0.29, 0.717) is 13.1 Å². The van der Waals surface area contributed by atoms with E-state index in [1.54, 1.807) is 0 Å². The Bertz CT molecular complexity index is 85.5. The largest absolute Gasteiger partial charge is 0.412 e. The molecular formula is C7H19NO4. The molecule has 0 saturated heterocycles. The summed E-state index contributed by atoms with van der Waals surface area (Å²) in [4.78, 5) is 1.83. The van der Waals surface area contributed by atoms with E-state index in [4.69, 9.17) is 15.3 Å². The molecular weight excluding hydrogens is 162 g/mol. The zero-order valence-corrected chi connectivity index (χ0v) is 7.40. The molecule has 0 aliphatic carbocycles. The van der Waals surface area contributed by atoms with E-state index in [-0.39, 0.29) is 31.3 Å². The Labute approximate surface area is 72.6 Å². The lowest BCUT2D eigenvalue weighted by atomic mass is 10.3. The second-order valence-corrected chi connectivity index (χ2v) is 2.51. The smallest absolute Gasteiger partial charge is 0.0584 e. The fourth-order valence-corrected chi connectivity index (χ4v) is 0.925. The summed E-state index contributed by atoms with van der Waals surface area (Å²) in [6.07, 6.45) is 0. The number of aliphatic hydroxyl groups excluding tert-OH is 3. The lowest BCUT2D eigenvalue weighted by Crippen LogP contribution is -2.39. The molecule has 76 valence electrons. The Morgan fingerprint density at radius 3 is 1.75 bits per heavy atom. The highest BCUT2D eigenvalue weighted by atomic mass is 16.3. The average Bonchev–Trinajstić information content (AvgIpc) is 2.03. The predicted molar refractivity (Wildman–Crippen MR) is 45.9 cm³/mol. The maximum Gasteiger partial charge on any atom is 0.0584 e. The van der Waals surface area contributed by atoms with Crippen LogP contribution in [0.5, 0.6) is 0 Å². The lowest BCUT2D eigenvalue weighted by molar-refractivity contribution is 0.0929. The van der Waals surface area contributed by atoms with Gasteiger partial charge >= 0.3 is 0 Å². The minimum Gasteiger partial charge on any atom is -0.412 e. The topological polar surface area (TPSA) is 95.4 Å². The van der Waals surface area contributed by atoms with Crippen LogP contribution >= 0.6 is 0 Å². The van der Waals surface area contributed by atoms with Crippen molar-refractivity contribution < 1.29 is 20.8 Å². The molecule has 0 amide bonds. The molecule has 1 unspecified atom stereocenters. The van der Waals surface area contributed by atoms with Crippen molar-refractivity contribution in [1.82, 2.24) is 4.90 Å². The van der Waals surface area contributed by atoms with Gasteiger partial charge in [-0.25, -0.2) is 0 Å². The number of rotatable bonds is 6. The van der Waals surface area contributed by atoms with Crippen LogP contribution in [0.3, 0.4) is 0 Å². The average molecular weight is 181 g/mol. The van der Waals surface area contributed by atoms with Crippen molar-refractivity contribution in [2.45, 2.75) is 13.0 Å². The molecule has 0 aliphatic heterocycles. The highest BCUT2D eigenvalue weighted by Gasteiger charge is 2.10. The van der Waals surface area contributed by atoms with Gasteiger partial charge in [0.25, 0.3) is 0 Å². The third-order valence-electron chi connectivity index (χ3n) is 1.66. The number of hydrogen-bond acceptors (Lipinski definition) is 4. The van der Waals surface area contributed by atoms with Gasteiger partial charge in [-0.2, -0.15) is 0 Å². The molecule has 0 aromatic carbocycles. The quantitative estimate of drug-likeness (QED) is 0.434. The van der Waals surface area contributed by atoms with Gasteiger partial charge in [-0.15, -0.1) is 0 Å². The van der Waals surface area contributed by atoms with Crippen LogP contribution < -0.4 is 0 Å². The lowest BCUT2D eigenvalue weighted by Gasteiger charge is -2.25. The molecule has 0 saturated carbocycles. The molecule has 0 aliphatic rings. The molecule has 0 aromatic heterocycles. The van der Waals surface area contributed by atoms with Gasteiger partial charge in [0, 0.05) is 19.1 Å². The summed E-state index contributed by atoms with van der Waals surface area (Å²) in [5, 5.41) is 26.0. The maximum atomic E-state index is 8.75. The summed E-state index contributed by atoms with van der Waals surface area (Å²) < 4.78 is 0. The second-order valence-electron chi connectivity index (χ2n) is 2.51. The van der Waals surface area contributed by atoms with Crippen LogP contribution in [-0.4, -0.2) is 64.6 Å². The first-order valence-corrected chi connectivity index (χ1v) is 3.82. The van der Waals surface area contributed by atoms with E-state index in [0.717, 1.165) is 0 Å². The van der Waals surface area contributed by atoms with Gasteiger partial charge in [0.15, 0.2) is 0 Å². The zero-order valence-electron chi connectivity index (χ0n) is 7.40. The first-order chi connectivity index (χ1) is 5.26. The van der Waals surface area contributed by atoms with E-state index in [1.807, 2.05) is 11.8 Å². The Balaban J connectivity index is 0. The molecule has 0 rings (SSSR count). The van der Waals surface area contributed by atoms with Gasteiger partial charge < -0.3 is 20.8 Å². The molecule has 1 atom stereocenters. The number of aliphatic hydroxyl groups is 3. The fraction of sp³-hybridized carbons (Fsp3) is 1.00. The summed E-state index contributed by atoms with van der Waals surface area (Å²) in [6.45, 7) is 3.03. The molecule has 0 heterocycles. The SMILES string of the molecule is CC(CO)N(CCO)CCO.O. The van der Waals surface area contributed by atoms with Gasteiger partial charge in [-0.3, -0.25) is 4.90 Å². The second kappa shape index (κ2) is 8.89. The van der Waals surface area contributed by atoms with Crippen LogP contribution in [-0.2, 0) is 0 Å². The van der Waals surface area contributed by atoms with Crippen molar-refractivity contribution in [3.05, 3.63) is 0 Å². The normalized spacial score (nSPS) is 12.8. The van der Waals surface area contributed by atoms with Crippen molar-refractivity contribution in [1.29, 1.82) is 0 Å². The molecule has 0 aromatic rings. The van der Waals surface area contributed by atoms with Gasteiger partial charge in [0.1, 0.15) is 0 Å². The van der Waals surface area contributed by atoms with E-state index >= 15 is 0 Å². The van der Waals surface area contributed by atoms with Crippen LogP contribution in [0.15, 0.2) is 0 Å². The molecule has 5 N–H and O–H groups in total. The summed E-state index contributed by atoms with van der Waals surface area (Å²) in [6, 6.07) is 0.00861. The standard InChI is InChI=1S/C7H17NO3.H2O/c1-7(6-11)8(2-4-9)3-5-10;/h7,9-11H,2-6H2,1H3;1H2. The molecule has 0 radical (unpaired) electrons. The third-order valence-corrected chi connectivity index (χ3v) is 1.66. The minimum atomic E-state index is 0. The summed E-state index contributed by atoms with van der Waals surface area (Å²) >= 11 is 0. The minimum absolute atomic E-state index is 0. The van der Waals surface area contributed by atoms with Gasteiger partial charge in [-0.05, 0) is 6.92 Å². The predicted octanol–water partition coefficient (Wildman–Crippen LogP) is -2.17. The van der Waals surface area contributed by atoms with E-state index in [1.165, 1.54) is 0 Å².